The lowest BCUT2D eigenvalue weighted by Gasteiger charge is -2.24. The zero-order chi connectivity index (χ0) is 15.7. The van der Waals surface area contributed by atoms with E-state index in [9.17, 15) is 13.2 Å². The van der Waals surface area contributed by atoms with E-state index < -0.39 is 22.2 Å². The average molecular weight is 319 g/mol. The molecule has 1 atom stereocenters. The van der Waals surface area contributed by atoms with Crippen molar-refractivity contribution in [1.29, 1.82) is 0 Å². The Hall–Kier alpha value is -1.92. The summed E-state index contributed by atoms with van der Waals surface area (Å²) in [6.45, 7) is 2.14. The lowest BCUT2D eigenvalue weighted by molar-refractivity contribution is -0.128. The first kappa shape index (κ1) is 15.0. The van der Waals surface area contributed by atoms with Gasteiger partial charge in [-0.2, -0.15) is 0 Å². The molecule has 116 valence electrons. The van der Waals surface area contributed by atoms with Crippen LogP contribution in [0.5, 0.6) is 0 Å². The summed E-state index contributed by atoms with van der Waals surface area (Å²) in [5.41, 5.74) is 0. The second-order valence-corrected chi connectivity index (χ2v) is 6.97. The predicted octanol–water partition coefficient (Wildman–Crippen LogP) is 2.51. The number of hydrogen-bond donors (Lipinski definition) is 0. The molecule has 1 unspecified atom stereocenters. The van der Waals surface area contributed by atoms with Crippen LogP contribution in [0.2, 0.25) is 0 Å². The lowest BCUT2D eigenvalue weighted by Crippen LogP contribution is -2.40. The molecule has 1 heterocycles. The molecule has 0 radical (unpaired) electrons. The number of amides is 1. The molecule has 0 spiro atoms. The first-order valence-corrected chi connectivity index (χ1v) is 8.65. The standard InChI is InChI=1S/C16H17NO4S/c1-2-21-16-10-9-15(18)17(16)22(19,20)14-8-7-12-5-3-4-6-13(12)11-14/h3-8,11,16H,2,9-10H2,1H3. The molecule has 2 aromatic rings. The molecule has 1 saturated heterocycles. The Morgan fingerprint density at radius 3 is 2.64 bits per heavy atom. The first-order valence-electron chi connectivity index (χ1n) is 7.21. The van der Waals surface area contributed by atoms with Crippen LogP contribution in [0.3, 0.4) is 0 Å². The molecule has 6 heteroatoms. The van der Waals surface area contributed by atoms with Gasteiger partial charge < -0.3 is 4.74 Å². The molecule has 0 N–H and O–H groups in total. The van der Waals surface area contributed by atoms with E-state index in [0.717, 1.165) is 15.1 Å². The fraction of sp³-hybridized carbons (Fsp3) is 0.312. The van der Waals surface area contributed by atoms with Crippen LogP contribution < -0.4 is 0 Å². The summed E-state index contributed by atoms with van der Waals surface area (Å²) in [7, 11) is -3.89. The Morgan fingerprint density at radius 2 is 1.91 bits per heavy atom. The van der Waals surface area contributed by atoms with E-state index >= 15 is 0 Å². The van der Waals surface area contributed by atoms with Gasteiger partial charge in [0.15, 0.2) is 0 Å². The summed E-state index contributed by atoms with van der Waals surface area (Å²) in [5.74, 6) is -0.411. The normalized spacial score (nSPS) is 19.0. The van der Waals surface area contributed by atoms with Gasteiger partial charge in [-0.25, -0.2) is 12.7 Å². The van der Waals surface area contributed by atoms with E-state index in [0.29, 0.717) is 13.0 Å². The van der Waals surface area contributed by atoms with Crippen molar-refractivity contribution < 1.29 is 17.9 Å². The molecule has 22 heavy (non-hydrogen) atoms. The van der Waals surface area contributed by atoms with Gasteiger partial charge in [0.25, 0.3) is 10.0 Å². The number of sulfonamides is 1. The van der Waals surface area contributed by atoms with Gasteiger partial charge in [0.2, 0.25) is 5.91 Å². The van der Waals surface area contributed by atoms with Crippen molar-refractivity contribution in [1.82, 2.24) is 4.31 Å². The number of ether oxygens (including phenoxy) is 1. The summed E-state index contributed by atoms with van der Waals surface area (Å²) in [6.07, 6.45) is -0.106. The van der Waals surface area contributed by atoms with Crippen molar-refractivity contribution in [3.8, 4) is 0 Å². The molecule has 5 nitrogen and oxygen atoms in total. The number of rotatable bonds is 4. The third-order valence-corrected chi connectivity index (χ3v) is 5.56. The van der Waals surface area contributed by atoms with Crippen LogP contribution in [0.15, 0.2) is 47.4 Å². The van der Waals surface area contributed by atoms with Crippen LogP contribution in [0.4, 0.5) is 0 Å². The zero-order valence-electron chi connectivity index (χ0n) is 12.2. The van der Waals surface area contributed by atoms with Crippen molar-refractivity contribution in [2.45, 2.75) is 30.9 Å². The molecule has 1 aliphatic rings. The largest absolute Gasteiger partial charge is 0.357 e. The fourth-order valence-corrected chi connectivity index (χ4v) is 4.29. The van der Waals surface area contributed by atoms with E-state index in [4.69, 9.17) is 4.74 Å². The van der Waals surface area contributed by atoms with Crippen LogP contribution in [-0.4, -0.2) is 31.5 Å². The number of carbonyl (C=O) groups excluding carboxylic acids is 1. The molecule has 1 fully saturated rings. The van der Waals surface area contributed by atoms with E-state index in [-0.39, 0.29) is 11.3 Å². The predicted molar refractivity (Wildman–Crippen MR) is 82.6 cm³/mol. The van der Waals surface area contributed by atoms with Crippen molar-refractivity contribution in [2.75, 3.05) is 6.61 Å². The van der Waals surface area contributed by atoms with E-state index in [1.165, 1.54) is 6.07 Å². The Kier molecular flexibility index (Phi) is 3.88. The molecule has 0 aliphatic carbocycles. The highest BCUT2D eigenvalue weighted by Gasteiger charge is 2.41. The Balaban J connectivity index is 2.05. The number of nitrogens with zero attached hydrogens (tertiary/aromatic N) is 1. The minimum absolute atomic E-state index is 0.117. The van der Waals surface area contributed by atoms with Crippen LogP contribution >= 0.6 is 0 Å². The van der Waals surface area contributed by atoms with Gasteiger partial charge in [-0.15, -0.1) is 0 Å². The zero-order valence-corrected chi connectivity index (χ0v) is 13.0. The van der Waals surface area contributed by atoms with Crippen molar-refractivity contribution in [2.24, 2.45) is 0 Å². The van der Waals surface area contributed by atoms with Crippen LogP contribution in [0.25, 0.3) is 10.8 Å². The Morgan fingerprint density at radius 1 is 1.18 bits per heavy atom. The highest BCUT2D eigenvalue weighted by molar-refractivity contribution is 7.89. The summed E-state index contributed by atoms with van der Waals surface area (Å²) in [4.78, 5) is 12.1. The smallest absolute Gasteiger partial charge is 0.268 e. The van der Waals surface area contributed by atoms with Crippen LogP contribution in [0.1, 0.15) is 19.8 Å². The maximum absolute atomic E-state index is 12.8. The fourth-order valence-electron chi connectivity index (χ4n) is 2.71. The third-order valence-electron chi connectivity index (χ3n) is 3.75. The summed E-state index contributed by atoms with van der Waals surface area (Å²) < 4.78 is 31.9. The number of fused-ring (bicyclic) bond motifs is 1. The summed E-state index contributed by atoms with van der Waals surface area (Å²) in [5, 5.41) is 1.78. The molecular weight excluding hydrogens is 302 g/mol. The molecular formula is C16H17NO4S. The van der Waals surface area contributed by atoms with E-state index in [2.05, 4.69) is 0 Å². The van der Waals surface area contributed by atoms with Crippen LogP contribution in [-0.2, 0) is 19.6 Å². The molecule has 0 aromatic heterocycles. The summed E-state index contributed by atoms with van der Waals surface area (Å²) >= 11 is 0. The van der Waals surface area contributed by atoms with Crippen LogP contribution in [0, 0.1) is 0 Å². The maximum atomic E-state index is 12.8. The second kappa shape index (κ2) is 5.70. The quantitative estimate of drug-likeness (QED) is 0.868. The third kappa shape index (κ3) is 2.48. The first-order chi connectivity index (χ1) is 10.5. The highest BCUT2D eigenvalue weighted by Crippen LogP contribution is 2.29. The van der Waals surface area contributed by atoms with Gasteiger partial charge >= 0.3 is 0 Å². The maximum Gasteiger partial charge on any atom is 0.268 e. The minimum Gasteiger partial charge on any atom is -0.357 e. The lowest BCUT2D eigenvalue weighted by atomic mass is 10.1. The Bertz CT molecular complexity index is 816. The summed E-state index contributed by atoms with van der Waals surface area (Å²) in [6, 6.07) is 12.4. The molecule has 0 saturated carbocycles. The molecule has 1 amide bonds. The van der Waals surface area contributed by atoms with Crippen molar-refractivity contribution in [3.63, 3.8) is 0 Å². The number of hydrogen-bond acceptors (Lipinski definition) is 4. The highest BCUT2D eigenvalue weighted by atomic mass is 32.2. The van der Waals surface area contributed by atoms with Gasteiger partial charge in [0, 0.05) is 19.4 Å². The molecule has 3 rings (SSSR count). The van der Waals surface area contributed by atoms with Gasteiger partial charge in [-0.1, -0.05) is 30.3 Å². The average Bonchev–Trinajstić information content (AvgIpc) is 2.88. The van der Waals surface area contributed by atoms with Crippen molar-refractivity contribution in [3.05, 3.63) is 42.5 Å². The van der Waals surface area contributed by atoms with Gasteiger partial charge in [-0.05, 0) is 29.8 Å². The molecule has 0 bridgehead atoms. The topological polar surface area (TPSA) is 63.7 Å². The monoisotopic (exact) mass is 319 g/mol. The number of carbonyl (C=O) groups is 1. The molecule has 2 aromatic carbocycles. The van der Waals surface area contributed by atoms with Gasteiger partial charge in [0.1, 0.15) is 6.23 Å². The number of benzene rings is 2. The SMILES string of the molecule is CCOC1CCC(=O)N1S(=O)(=O)c1ccc2ccccc2c1. The molecule has 1 aliphatic heterocycles. The minimum atomic E-state index is -3.89. The van der Waals surface area contributed by atoms with E-state index in [1.807, 2.05) is 24.3 Å². The van der Waals surface area contributed by atoms with E-state index in [1.54, 1.807) is 19.1 Å². The van der Waals surface area contributed by atoms with Gasteiger partial charge in [0.05, 0.1) is 4.90 Å². The Labute approximate surface area is 129 Å². The van der Waals surface area contributed by atoms with Gasteiger partial charge in [-0.3, -0.25) is 4.79 Å². The van der Waals surface area contributed by atoms with Crippen molar-refractivity contribution >= 4 is 26.7 Å². The second-order valence-electron chi connectivity index (χ2n) is 5.15.